The molecule has 2 rings (SSSR count). The number of hydrogen-bond acceptors (Lipinski definition) is 2. The number of nitrogens with two attached hydrogens (primary N) is 1. The lowest BCUT2D eigenvalue weighted by molar-refractivity contribution is -0.0344. The van der Waals surface area contributed by atoms with Gasteiger partial charge in [-0.3, -0.25) is 0 Å². The van der Waals surface area contributed by atoms with Gasteiger partial charge in [0.05, 0.1) is 0 Å². The van der Waals surface area contributed by atoms with Gasteiger partial charge in [0, 0.05) is 13.2 Å². The molecule has 0 bridgehead atoms. The molecular weight excluding hydrogens is 162 g/mol. The molecule has 13 heavy (non-hydrogen) atoms. The first-order chi connectivity index (χ1) is 6.37. The van der Waals surface area contributed by atoms with E-state index in [1.165, 1.54) is 38.5 Å². The molecule has 0 aromatic rings. The molecule has 2 fully saturated rings. The molecule has 0 aromatic carbocycles. The van der Waals surface area contributed by atoms with E-state index in [0.29, 0.717) is 5.41 Å². The van der Waals surface area contributed by atoms with Crippen LogP contribution < -0.4 is 5.73 Å². The second kappa shape index (κ2) is 3.97. The summed E-state index contributed by atoms with van der Waals surface area (Å²) < 4.78 is 5.41. The number of rotatable bonds is 3. The van der Waals surface area contributed by atoms with Crippen molar-refractivity contribution in [2.75, 3.05) is 19.8 Å². The van der Waals surface area contributed by atoms with Gasteiger partial charge in [0.2, 0.25) is 0 Å². The van der Waals surface area contributed by atoms with Crippen LogP contribution in [0, 0.1) is 11.3 Å². The van der Waals surface area contributed by atoms with Crippen molar-refractivity contribution in [2.45, 2.75) is 38.5 Å². The van der Waals surface area contributed by atoms with Gasteiger partial charge < -0.3 is 10.5 Å². The van der Waals surface area contributed by atoms with Crippen LogP contribution in [0.15, 0.2) is 0 Å². The fourth-order valence-electron chi connectivity index (χ4n) is 3.09. The van der Waals surface area contributed by atoms with Gasteiger partial charge in [0.15, 0.2) is 0 Å². The molecule has 1 heterocycles. The number of hydrogen-bond donors (Lipinski definition) is 1. The molecule has 2 nitrogen and oxygen atoms in total. The Kier molecular flexibility index (Phi) is 2.89. The summed E-state index contributed by atoms with van der Waals surface area (Å²) in [5.41, 5.74) is 6.34. The molecule has 0 unspecified atom stereocenters. The maximum Gasteiger partial charge on any atom is 0.0468 e. The van der Waals surface area contributed by atoms with Crippen LogP contribution in [0.1, 0.15) is 38.5 Å². The summed E-state index contributed by atoms with van der Waals surface area (Å²) in [6, 6.07) is 0. The van der Waals surface area contributed by atoms with Gasteiger partial charge in [0.25, 0.3) is 0 Å². The quantitative estimate of drug-likeness (QED) is 0.725. The summed E-state index contributed by atoms with van der Waals surface area (Å²) >= 11 is 0. The van der Waals surface area contributed by atoms with Crippen LogP contribution in [-0.2, 0) is 4.74 Å². The molecular formula is C11H21NO. The van der Waals surface area contributed by atoms with Crippen LogP contribution in [0.4, 0.5) is 0 Å². The summed E-state index contributed by atoms with van der Waals surface area (Å²) in [7, 11) is 0. The molecule has 0 spiro atoms. The van der Waals surface area contributed by atoms with E-state index in [9.17, 15) is 0 Å². The predicted octanol–water partition coefficient (Wildman–Crippen LogP) is 1.93. The van der Waals surface area contributed by atoms with Crippen LogP contribution in [0.25, 0.3) is 0 Å². The van der Waals surface area contributed by atoms with E-state index in [-0.39, 0.29) is 0 Å². The van der Waals surface area contributed by atoms with E-state index in [4.69, 9.17) is 10.5 Å². The highest BCUT2D eigenvalue weighted by atomic mass is 16.5. The van der Waals surface area contributed by atoms with Gasteiger partial charge in [-0.25, -0.2) is 0 Å². The molecule has 0 amide bonds. The zero-order valence-electron chi connectivity index (χ0n) is 8.43. The third-order valence-electron chi connectivity index (χ3n) is 4.08. The zero-order valence-corrected chi connectivity index (χ0v) is 8.43. The minimum absolute atomic E-state index is 0.637. The predicted molar refractivity (Wildman–Crippen MR) is 53.5 cm³/mol. The summed E-state index contributed by atoms with van der Waals surface area (Å²) in [6.45, 7) is 2.84. The highest BCUT2D eigenvalue weighted by Crippen LogP contribution is 2.52. The average Bonchev–Trinajstić information content (AvgIpc) is 2.13. The van der Waals surface area contributed by atoms with Crippen molar-refractivity contribution in [3.05, 3.63) is 0 Å². The molecule has 1 saturated heterocycles. The number of ether oxygens (including phenoxy) is 1. The summed E-state index contributed by atoms with van der Waals surface area (Å²) in [6.07, 6.45) is 8.08. The van der Waals surface area contributed by atoms with Crippen molar-refractivity contribution >= 4 is 0 Å². The average molecular weight is 183 g/mol. The minimum Gasteiger partial charge on any atom is -0.381 e. The van der Waals surface area contributed by atoms with E-state index in [1.807, 2.05) is 0 Å². The monoisotopic (exact) mass is 183 g/mol. The van der Waals surface area contributed by atoms with Gasteiger partial charge in [-0.2, -0.15) is 0 Å². The second-order valence-electron chi connectivity index (χ2n) is 4.64. The largest absolute Gasteiger partial charge is 0.381 e. The summed E-state index contributed by atoms with van der Waals surface area (Å²) in [4.78, 5) is 0. The SMILES string of the molecule is NCCC1(C2CCOCC2)CCC1. The van der Waals surface area contributed by atoms with E-state index >= 15 is 0 Å². The molecule has 0 atom stereocenters. The molecule has 2 heteroatoms. The van der Waals surface area contributed by atoms with Crippen molar-refractivity contribution in [3.63, 3.8) is 0 Å². The third-order valence-corrected chi connectivity index (χ3v) is 4.08. The zero-order chi connectivity index (χ0) is 9.15. The first-order valence-corrected chi connectivity index (χ1v) is 5.65. The molecule has 1 aliphatic heterocycles. The van der Waals surface area contributed by atoms with Gasteiger partial charge in [-0.05, 0) is 50.0 Å². The summed E-state index contributed by atoms with van der Waals surface area (Å²) in [5, 5.41) is 0. The Morgan fingerprint density at radius 3 is 2.38 bits per heavy atom. The van der Waals surface area contributed by atoms with Crippen LogP contribution in [-0.4, -0.2) is 19.8 Å². The van der Waals surface area contributed by atoms with E-state index < -0.39 is 0 Å². The van der Waals surface area contributed by atoms with Crippen molar-refractivity contribution in [1.82, 2.24) is 0 Å². The van der Waals surface area contributed by atoms with Crippen LogP contribution in [0.3, 0.4) is 0 Å². The summed E-state index contributed by atoms with van der Waals surface area (Å²) in [5.74, 6) is 0.915. The highest BCUT2D eigenvalue weighted by molar-refractivity contribution is 4.94. The van der Waals surface area contributed by atoms with Crippen molar-refractivity contribution in [2.24, 2.45) is 17.1 Å². The van der Waals surface area contributed by atoms with Crippen LogP contribution in [0.2, 0.25) is 0 Å². The molecule has 76 valence electrons. The van der Waals surface area contributed by atoms with E-state index in [2.05, 4.69) is 0 Å². The molecule has 0 aromatic heterocycles. The maximum absolute atomic E-state index is 5.70. The lowest BCUT2D eigenvalue weighted by atomic mass is 9.57. The van der Waals surface area contributed by atoms with Crippen molar-refractivity contribution < 1.29 is 4.74 Å². The lowest BCUT2D eigenvalue weighted by Gasteiger charge is -2.49. The Bertz CT molecular complexity index is 159. The molecule has 1 aliphatic carbocycles. The van der Waals surface area contributed by atoms with Gasteiger partial charge in [0.1, 0.15) is 0 Å². The maximum atomic E-state index is 5.70. The Labute approximate surface area is 80.8 Å². The highest BCUT2D eigenvalue weighted by Gasteiger charge is 2.43. The lowest BCUT2D eigenvalue weighted by Crippen LogP contribution is -2.41. The topological polar surface area (TPSA) is 35.2 Å². The van der Waals surface area contributed by atoms with Gasteiger partial charge >= 0.3 is 0 Å². The normalized spacial score (nSPS) is 28.4. The fourth-order valence-corrected chi connectivity index (χ4v) is 3.09. The third kappa shape index (κ3) is 1.75. The molecule has 0 radical (unpaired) electrons. The fraction of sp³-hybridized carbons (Fsp3) is 1.00. The molecule has 2 N–H and O–H groups in total. The first-order valence-electron chi connectivity index (χ1n) is 5.65. The standard InChI is InChI=1S/C11H21NO/c12-7-6-11(4-1-5-11)10-2-8-13-9-3-10/h10H,1-9,12H2. The Morgan fingerprint density at radius 1 is 1.23 bits per heavy atom. The van der Waals surface area contributed by atoms with Gasteiger partial charge in [-0.15, -0.1) is 0 Å². The Morgan fingerprint density at radius 2 is 1.92 bits per heavy atom. The van der Waals surface area contributed by atoms with Crippen molar-refractivity contribution in [3.8, 4) is 0 Å². The minimum atomic E-state index is 0.637. The molecule has 2 aliphatic rings. The second-order valence-corrected chi connectivity index (χ2v) is 4.64. The Balaban J connectivity index is 1.93. The van der Waals surface area contributed by atoms with Crippen LogP contribution in [0.5, 0.6) is 0 Å². The van der Waals surface area contributed by atoms with E-state index in [1.54, 1.807) is 0 Å². The van der Waals surface area contributed by atoms with Crippen LogP contribution >= 0.6 is 0 Å². The van der Waals surface area contributed by atoms with E-state index in [0.717, 1.165) is 25.7 Å². The Hall–Kier alpha value is -0.0800. The van der Waals surface area contributed by atoms with Gasteiger partial charge in [-0.1, -0.05) is 6.42 Å². The smallest absolute Gasteiger partial charge is 0.0468 e. The molecule has 1 saturated carbocycles. The van der Waals surface area contributed by atoms with Crippen molar-refractivity contribution in [1.29, 1.82) is 0 Å². The first kappa shape index (κ1) is 9.47.